The van der Waals surface area contributed by atoms with Gasteiger partial charge < -0.3 is 15.1 Å². The number of hydrogen-bond donors (Lipinski definition) is 1. The first-order chi connectivity index (χ1) is 9.58. The van der Waals surface area contributed by atoms with Crippen LogP contribution < -0.4 is 5.32 Å². The fraction of sp³-hybridized carbons (Fsp3) is 0.643. The first kappa shape index (κ1) is 14.7. The number of piperidine rings is 1. The molecule has 0 aliphatic carbocycles. The maximum Gasteiger partial charge on any atom is 0.273 e. The van der Waals surface area contributed by atoms with Crippen molar-refractivity contribution in [3.63, 3.8) is 0 Å². The number of likely N-dealkylation sites (N-methyl/N-ethyl adjacent to an activating group) is 1. The van der Waals surface area contributed by atoms with Crippen LogP contribution in [0.3, 0.4) is 0 Å². The number of carbonyl (C=O) groups excluding carboxylic acids is 1. The summed E-state index contributed by atoms with van der Waals surface area (Å²) in [5, 5.41) is 11.3. The minimum Gasteiger partial charge on any atom is -0.367 e. The molecule has 1 fully saturated rings. The van der Waals surface area contributed by atoms with Crippen molar-refractivity contribution in [1.82, 2.24) is 20.0 Å². The Bertz CT molecular complexity index is 445. The van der Waals surface area contributed by atoms with Crippen LogP contribution in [0.15, 0.2) is 12.1 Å². The molecular formula is C14H23N5O. The van der Waals surface area contributed by atoms with Crippen LogP contribution in [-0.2, 0) is 0 Å². The lowest BCUT2D eigenvalue weighted by Gasteiger charge is -2.32. The van der Waals surface area contributed by atoms with Crippen molar-refractivity contribution in [2.45, 2.75) is 25.3 Å². The van der Waals surface area contributed by atoms with E-state index in [1.807, 2.05) is 6.07 Å². The van der Waals surface area contributed by atoms with Crippen LogP contribution in [0.1, 0.15) is 29.8 Å². The Morgan fingerprint density at radius 2 is 2.20 bits per heavy atom. The average Bonchev–Trinajstić information content (AvgIpc) is 2.46. The fourth-order valence-electron chi connectivity index (χ4n) is 2.39. The lowest BCUT2D eigenvalue weighted by atomic mass is 10.0. The predicted molar refractivity (Wildman–Crippen MR) is 78.8 cm³/mol. The molecule has 1 unspecified atom stereocenters. The summed E-state index contributed by atoms with van der Waals surface area (Å²) >= 11 is 0. The Morgan fingerprint density at radius 1 is 1.40 bits per heavy atom. The number of carbonyl (C=O) groups is 1. The predicted octanol–water partition coefficient (Wildman–Crippen LogP) is 1.07. The van der Waals surface area contributed by atoms with E-state index in [1.54, 1.807) is 20.2 Å². The highest BCUT2D eigenvalue weighted by Gasteiger charge is 2.18. The van der Waals surface area contributed by atoms with Crippen molar-refractivity contribution in [2.24, 2.45) is 0 Å². The molecule has 1 aromatic rings. The number of aromatic nitrogens is 2. The van der Waals surface area contributed by atoms with Crippen LogP contribution in [0.4, 0.5) is 5.82 Å². The number of hydrogen-bond acceptors (Lipinski definition) is 5. The molecule has 1 N–H and O–H groups in total. The number of nitrogens with zero attached hydrogens (tertiary/aromatic N) is 4. The highest BCUT2D eigenvalue weighted by Crippen LogP contribution is 2.15. The van der Waals surface area contributed by atoms with Gasteiger partial charge in [-0.2, -0.15) is 0 Å². The van der Waals surface area contributed by atoms with Crippen molar-refractivity contribution in [3.05, 3.63) is 17.8 Å². The molecule has 1 saturated heterocycles. The van der Waals surface area contributed by atoms with Gasteiger partial charge in [0.25, 0.3) is 5.91 Å². The summed E-state index contributed by atoms with van der Waals surface area (Å²) in [6, 6.07) is 4.07. The molecule has 6 heteroatoms. The number of nitrogens with one attached hydrogen (secondary N) is 1. The molecule has 20 heavy (non-hydrogen) atoms. The van der Waals surface area contributed by atoms with Gasteiger partial charge in [-0.1, -0.05) is 6.42 Å². The van der Waals surface area contributed by atoms with E-state index >= 15 is 0 Å². The molecule has 1 aromatic heterocycles. The number of likely N-dealkylation sites (tertiary alicyclic amines) is 1. The molecule has 0 aromatic carbocycles. The second-order valence-corrected chi connectivity index (χ2v) is 5.51. The second kappa shape index (κ2) is 6.65. The summed E-state index contributed by atoms with van der Waals surface area (Å²) < 4.78 is 0. The van der Waals surface area contributed by atoms with Gasteiger partial charge in [-0.15, -0.1) is 10.2 Å². The van der Waals surface area contributed by atoms with Gasteiger partial charge in [-0.05, 0) is 38.6 Å². The van der Waals surface area contributed by atoms with Gasteiger partial charge in [0.05, 0.1) is 0 Å². The topological polar surface area (TPSA) is 61.4 Å². The van der Waals surface area contributed by atoms with Crippen LogP contribution in [0, 0.1) is 0 Å². The van der Waals surface area contributed by atoms with E-state index in [-0.39, 0.29) is 5.91 Å². The highest BCUT2D eigenvalue weighted by atomic mass is 16.2. The molecule has 2 heterocycles. The molecule has 110 valence electrons. The van der Waals surface area contributed by atoms with Crippen molar-refractivity contribution in [1.29, 1.82) is 0 Å². The van der Waals surface area contributed by atoms with Crippen molar-refractivity contribution >= 4 is 11.7 Å². The molecule has 1 aliphatic rings. The van der Waals surface area contributed by atoms with Crippen LogP contribution >= 0.6 is 0 Å². The van der Waals surface area contributed by atoms with Crippen LogP contribution in [-0.4, -0.2) is 66.2 Å². The first-order valence-corrected chi connectivity index (χ1v) is 7.07. The van der Waals surface area contributed by atoms with Crippen molar-refractivity contribution in [2.75, 3.05) is 39.5 Å². The standard InChI is InChI=1S/C14H23N5O/c1-18(2)14(20)12-7-8-13(17-16-12)15-10-11-6-4-5-9-19(11)3/h7-8,11H,4-6,9-10H2,1-3H3,(H,15,17). The van der Waals surface area contributed by atoms with Gasteiger partial charge >= 0.3 is 0 Å². The van der Waals surface area contributed by atoms with Crippen LogP contribution in [0.5, 0.6) is 0 Å². The van der Waals surface area contributed by atoms with E-state index in [0.29, 0.717) is 11.7 Å². The minimum absolute atomic E-state index is 0.129. The Balaban J connectivity index is 1.89. The van der Waals surface area contributed by atoms with Gasteiger partial charge in [0.1, 0.15) is 5.82 Å². The molecule has 0 bridgehead atoms. The Kier molecular flexibility index (Phi) is 4.89. The van der Waals surface area contributed by atoms with E-state index in [9.17, 15) is 4.79 Å². The molecular weight excluding hydrogens is 254 g/mol. The van der Waals surface area contributed by atoms with E-state index in [0.717, 1.165) is 18.9 Å². The van der Waals surface area contributed by atoms with Gasteiger partial charge in [0.15, 0.2) is 5.69 Å². The van der Waals surface area contributed by atoms with E-state index < -0.39 is 0 Å². The molecule has 1 aliphatic heterocycles. The summed E-state index contributed by atoms with van der Waals surface area (Å²) in [5.74, 6) is 0.593. The molecule has 1 amide bonds. The molecule has 1 atom stereocenters. The summed E-state index contributed by atoms with van der Waals surface area (Å²) in [4.78, 5) is 15.6. The zero-order chi connectivity index (χ0) is 14.5. The highest BCUT2D eigenvalue weighted by molar-refractivity contribution is 5.91. The Morgan fingerprint density at radius 3 is 2.80 bits per heavy atom. The molecule has 2 rings (SSSR count). The molecule has 0 saturated carbocycles. The summed E-state index contributed by atoms with van der Waals surface area (Å²) in [7, 11) is 5.57. The lowest BCUT2D eigenvalue weighted by Crippen LogP contribution is -2.40. The van der Waals surface area contributed by atoms with E-state index in [2.05, 4.69) is 27.5 Å². The zero-order valence-electron chi connectivity index (χ0n) is 12.5. The van der Waals surface area contributed by atoms with Gasteiger partial charge in [0.2, 0.25) is 0 Å². The number of rotatable bonds is 4. The lowest BCUT2D eigenvalue weighted by molar-refractivity contribution is 0.0821. The number of anilines is 1. The SMILES string of the molecule is CN(C)C(=O)c1ccc(NCC2CCCCN2C)nn1. The molecule has 0 spiro atoms. The van der Waals surface area contributed by atoms with E-state index in [1.165, 1.54) is 24.2 Å². The van der Waals surface area contributed by atoms with Gasteiger partial charge in [0, 0.05) is 26.7 Å². The Labute approximate surface area is 120 Å². The summed E-state index contributed by atoms with van der Waals surface area (Å²) in [6.45, 7) is 2.03. The largest absolute Gasteiger partial charge is 0.367 e. The monoisotopic (exact) mass is 277 g/mol. The Hall–Kier alpha value is -1.69. The first-order valence-electron chi connectivity index (χ1n) is 7.07. The van der Waals surface area contributed by atoms with Crippen LogP contribution in [0.2, 0.25) is 0 Å². The maximum atomic E-state index is 11.7. The average molecular weight is 277 g/mol. The number of amides is 1. The van der Waals surface area contributed by atoms with E-state index in [4.69, 9.17) is 0 Å². The third kappa shape index (κ3) is 3.66. The smallest absolute Gasteiger partial charge is 0.273 e. The fourth-order valence-corrected chi connectivity index (χ4v) is 2.39. The third-order valence-corrected chi connectivity index (χ3v) is 3.73. The van der Waals surface area contributed by atoms with Gasteiger partial charge in [-0.3, -0.25) is 4.79 Å². The summed E-state index contributed by atoms with van der Waals surface area (Å²) in [5.41, 5.74) is 0.371. The van der Waals surface area contributed by atoms with Crippen molar-refractivity contribution < 1.29 is 4.79 Å². The summed E-state index contributed by atoms with van der Waals surface area (Å²) in [6.07, 6.45) is 3.79. The normalized spacial score (nSPS) is 19.6. The zero-order valence-corrected chi connectivity index (χ0v) is 12.5. The van der Waals surface area contributed by atoms with Gasteiger partial charge in [-0.25, -0.2) is 0 Å². The minimum atomic E-state index is -0.129. The van der Waals surface area contributed by atoms with Crippen molar-refractivity contribution in [3.8, 4) is 0 Å². The maximum absolute atomic E-state index is 11.7. The molecule has 6 nitrogen and oxygen atoms in total. The second-order valence-electron chi connectivity index (χ2n) is 5.51. The quantitative estimate of drug-likeness (QED) is 0.892. The third-order valence-electron chi connectivity index (χ3n) is 3.73. The molecule has 0 radical (unpaired) electrons. The van der Waals surface area contributed by atoms with Crippen LogP contribution in [0.25, 0.3) is 0 Å².